The molecule has 92 valence electrons. The second kappa shape index (κ2) is 4.80. The molecular formula is C14H19NO2. The minimum atomic E-state index is 0.437. The molecular weight excluding hydrogens is 214 g/mol. The Morgan fingerprint density at radius 3 is 2.71 bits per heavy atom. The van der Waals surface area contributed by atoms with Crippen molar-refractivity contribution in [3.05, 3.63) is 29.5 Å². The van der Waals surface area contributed by atoms with Gasteiger partial charge >= 0.3 is 0 Å². The topological polar surface area (TPSA) is 34.4 Å². The molecule has 1 heterocycles. The first-order valence-electron chi connectivity index (χ1n) is 5.92. The van der Waals surface area contributed by atoms with E-state index < -0.39 is 0 Å². The molecule has 0 bridgehead atoms. The van der Waals surface area contributed by atoms with E-state index in [1.165, 1.54) is 5.56 Å². The maximum atomic E-state index is 5.94. The molecule has 0 radical (unpaired) electrons. The van der Waals surface area contributed by atoms with Gasteiger partial charge in [-0.15, -0.1) is 0 Å². The van der Waals surface area contributed by atoms with Gasteiger partial charge in [-0.05, 0) is 19.0 Å². The molecule has 0 saturated carbocycles. The lowest BCUT2D eigenvalue weighted by molar-refractivity contribution is 0.406. The Kier molecular flexibility index (Phi) is 3.38. The fraction of sp³-hybridized carbons (Fsp3) is 0.429. The number of nitrogens with one attached hydrogen (secondary N) is 1. The zero-order chi connectivity index (χ0) is 12.4. The summed E-state index contributed by atoms with van der Waals surface area (Å²) < 4.78 is 11.3. The van der Waals surface area contributed by atoms with Crippen LogP contribution in [0.5, 0.6) is 5.75 Å². The standard InChI is InChI=1S/C14H19NO2/c1-9(2)13-10-6-5-7-11(16-4)14(10)17-12(13)8-15-3/h5-7,9,15H,8H2,1-4H3. The summed E-state index contributed by atoms with van der Waals surface area (Å²) >= 11 is 0. The second-order valence-electron chi connectivity index (χ2n) is 4.46. The van der Waals surface area contributed by atoms with E-state index in [1.54, 1.807) is 7.11 Å². The van der Waals surface area contributed by atoms with E-state index in [-0.39, 0.29) is 0 Å². The SMILES string of the molecule is CNCc1oc2c(OC)cccc2c1C(C)C. The van der Waals surface area contributed by atoms with Crippen LogP contribution in [-0.4, -0.2) is 14.2 Å². The molecule has 0 atom stereocenters. The van der Waals surface area contributed by atoms with Crippen LogP contribution in [0.1, 0.15) is 31.1 Å². The van der Waals surface area contributed by atoms with E-state index >= 15 is 0 Å². The van der Waals surface area contributed by atoms with Gasteiger partial charge in [0.05, 0.1) is 13.7 Å². The van der Waals surface area contributed by atoms with Crippen molar-refractivity contribution in [3.8, 4) is 5.75 Å². The van der Waals surface area contributed by atoms with Crippen LogP contribution in [0, 0.1) is 0 Å². The average molecular weight is 233 g/mol. The molecule has 0 saturated heterocycles. The first kappa shape index (κ1) is 12.0. The van der Waals surface area contributed by atoms with Gasteiger partial charge in [-0.25, -0.2) is 0 Å². The fourth-order valence-corrected chi connectivity index (χ4v) is 2.25. The molecule has 17 heavy (non-hydrogen) atoms. The summed E-state index contributed by atoms with van der Waals surface area (Å²) in [6.07, 6.45) is 0. The van der Waals surface area contributed by atoms with Crippen molar-refractivity contribution >= 4 is 11.0 Å². The molecule has 3 nitrogen and oxygen atoms in total. The molecule has 0 spiro atoms. The first-order valence-corrected chi connectivity index (χ1v) is 5.92. The lowest BCUT2D eigenvalue weighted by Gasteiger charge is -2.05. The van der Waals surface area contributed by atoms with Crippen LogP contribution >= 0.6 is 0 Å². The normalized spacial score (nSPS) is 11.4. The van der Waals surface area contributed by atoms with Gasteiger partial charge < -0.3 is 14.5 Å². The zero-order valence-electron chi connectivity index (χ0n) is 10.8. The lowest BCUT2D eigenvalue weighted by Crippen LogP contribution is -2.06. The van der Waals surface area contributed by atoms with Crippen LogP contribution in [0.2, 0.25) is 0 Å². The molecule has 3 heteroatoms. The zero-order valence-corrected chi connectivity index (χ0v) is 10.8. The van der Waals surface area contributed by atoms with Crippen molar-refractivity contribution in [1.29, 1.82) is 0 Å². The van der Waals surface area contributed by atoms with Gasteiger partial charge in [0.15, 0.2) is 11.3 Å². The van der Waals surface area contributed by atoms with E-state index in [0.717, 1.165) is 29.0 Å². The Bertz CT molecular complexity index is 514. The monoisotopic (exact) mass is 233 g/mol. The van der Waals surface area contributed by atoms with Gasteiger partial charge in [0.25, 0.3) is 0 Å². The highest BCUT2D eigenvalue weighted by atomic mass is 16.5. The van der Waals surface area contributed by atoms with E-state index in [1.807, 2.05) is 19.2 Å². The number of furan rings is 1. The summed E-state index contributed by atoms with van der Waals surface area (Å²) in [7, 11) is 3.60. The van der Waals surface area contributed by atoms with Gasteiger partial charge in [0, 0.05) is 10.9 Å². The van der Waals surface area contributed by atoms with Crippen molar-refractivity contribution < 1.29 is 9.15 Å². The van der Waals surface area contributed by atoms with E-state index in [2.05, 4.69) is 25.2 Å². The van der Waals surface area contributed by atoms with Crippen LogP contribution in [-0.2, 0) is 6.54 Å². The first-order chi connectivity index (χ1) is 8.19. The van der Waals surface area contributed by atoms with Crippen LogP contribution in [0.25, 0.3) is 11.0 Å². The number of methoxy groups -OCH3 is 1. The Hall–Kier alpha value is -1.48. The van der Waals surface area contributed by atoms with Gasteiger partial charge in [-0.3, -0.25) is 0 Å². The number of ether oxygens (including phenoxy) is 1. The molecule has 2 aromatic rings. The highest BCUT2D eigenvalue weighted by molar-refractivity contribution is 5.87. The number of rotatable bonds is 4. The predicted octanol–water partition coefficient (Wildman–Crippen LogP) is 3.28. The molecule has 0 amide bonds. The maximum absolute atomic E-state index is 5.94. The summed E-state index contributed by atoms with van der Waals surface area (Å²) in [5.41, 5.74) is 2.12. The minimum Gasteiger partial charge on any atom is -0.493 e. The highest BCUT2D eigenvalue weighted by Gasteiger charge is 2.18. The summed E-state index contributed by atoms with van der Waals surface area (Å²) in [5.74, 6) is 2.24. The average Bonchev–Trinajstić information content (AvgIpc) is 2.67. The van der Waals surface area contributed by atoms with Crippen LogP contribution < -0.4 is 10.1 Å². The molecule has 0 unspecified atom stereocenters. The van der Waals surface area contributed by atoms with Crippen molar-refractivity contribution in [2.75, 3.05) is 14.2 Å². The molecule has 0 aliphatic carbocycles. The van der Waals surface area contributed by atoms with Gasteiger partial charge in [0.2, 0.25) is 0 Å². The largest absolute Gasteiger partial charge is 0.493 e. The van der Waals surface area contributed by atoms with Crippen molar-refractivity contribution in [2.24, 2.45) is 0 Å². The Labute approximate surface area is 102 Å². The number of hydrogen-bond acceptors (Lipinski definition) is 3. The van der Waals surface area contributed by atoms with Crippen molar-refractivity contribution in [2.45, 2.75) is 26.3 Å². The Balaban J connectivity index is 2.69. The molecule has 0 fully saturated rings. The third-order valence-corrected chi connectivity index (χ3v) is 2.93. The smallest absolute Gasteiger partial charge is 0.176 e. The second-order valence-corrected chi connectivity index (χ2v) is 4.46. The summed E-state index contributed by atoms with van der Waals surface area (Å²) in [6, 6.07) is 6.03. The number of hydrogen-bond donors (Lipinski definition) is 1. The van der Waals surface area contributed by atoms with Gasteiger partial charge in [0.1, 0.15) is 5.76 Å². The summed E-state index contributed by atoms with van der Waals surface area (Å²) in [6.45, 7) is 5.11. The Morgan fingerprint density at radius 2 is 2.12 bits per heavy atom. The summed E-state index contributed by atoms with van der Waals surface area (Å²) in [4.78, 5) is 0. The van der Waals surface area contributed by atoms with E-state index in [9.17, 15) is 0 Å². The van der Waals surface area contributed by atoms with Crippen LogP contribution in [0.4, 0.5) is 0 Å². The molecule has 1 aromatic carbocycles. The van der Waals surface area contributed by atoms with Crippen molar-refractivity contribution in [1.82, 2.24) is 5.32 Å². The van der Waals surface area contributed by atoms with E-state index in [4.69, 9.17) is 9.15 Å². The van der Waals surface area contributed by atoms with Crippen LogP contribution in [0.3, 0.4) is 0 Å². The van der Waals surface area contributed by atoms with Gasteiger partial charge in [-0.2, -0.15) is 0 Å². The quantitative estimate of drug-likeness (QED) is 0.880. The molecule has 1 N–H and O–H groups in total. The van der Waals surface area contributed by atoms with Gasteiger partial charge in [-0.1, -0.05) is 26.0 Å². The third-order valence-electron chi connectivity index (χ3n) is 2.93. The molecule has 0 aliphatic rings. The molecule has 1 aromatic heterocycles. The number of fused-ring (bicyclic) bond motifs is 1. The fourth-order valence-electron chi connectivity index (χ4n) is 2.25. The molecule has 0 aliphatic heterocycles. The Morgan fingerprint density at radius 1 is 1.35 bits per heavy atom. The predicted molar refractivity (Wildman–Crippen MR) is 69.6 cm³/mol. The lowest BCUT2D eigenvalue weighted by atomic mass is 9.99. The minimum absolute atomic E-state index is 0.437. The third kappa shape index (κ3) is 2.03. The number of benzene rings is 1. The molecule has 2 rings (SSSR count). The summed E-state index contributed by atoms with van der Waals surface area (Å²) in [5, 5.41) is 4.30. The maximum Gasteiger partial charge on any atom is 0.176 e. The van der Waals surface area contributed by atoms with Crippen molar-refractivity contribution in [3.63, 3.8) is 0 Å². The highest BCUT2D eigenvalue weighted by Crippen LogP contribution is 2.36. The van der Waals surface area contributed by atoms with E-state index in [0.29, 0.717) is 5.92 Å². The number of para-hydroxylation sites is 1. The van der Waals surface area contributed by atoms with Crippen LogP contribution in [0.15, 0.2) is 22.6 Å².